The van der Waals surface area contributed by atoms with Gasteiger partial charge in [0.25, 0.3) is 11.8 Å². The molecule has 3 atom stereocenters. The highest BCUT2D eigenvalue weighted by atomic mass is 16.2. The van der Waals surface area contributed by atoms with Crippen LogP contribution in [-0.2, 0) is 0 Å². The van der Waals surface area contributed by atoms with E-state index in [1.165, 1.54) is 6.20 Å². The second-order valence-electron chi connectivity index (χ2n) is 7.30. The molecular weight excluding hydrogens is 330 g/mol. The maximum atomic E-state index is 13.1. The van der Waals surface area contributed by atoms with E-state index in [-0.39, 0.29) is 23.9 Å². The number of carbonyl (C=O) groups is 2. The maximum Gasteiger partial charge on any atom is 0.274 e. The van der Waals surface area contributed by atoms with Crippen molar-refractivity contribution in [2.45, 2.75) is 43.9 Å². The number of nitrogens with zero attached hydrogens (tertiary/aromatic N) is 3. The topological polar surface area (TPSA) is 87.2 Å². The Morgan fingerprint density at radius 3 is 2.85 bits per heavy atom. The molecule has 132 valence electrons. The fraction of sp³-hybridized carbons (Fsp3) is 0.368. The Hall–Kier alpha value is -2.96. The van der Waals surface area contributed by atoms with Gasteiger partial charge in [-0.1, -0.05) is 12.1 Å². The van der Waals surface area contributed by atoms with Gasteiger partial charge in [0.05, 0.1) is 23.5 Å². The summed E-state index contributed by atoms with van der Waals surface area (Å²) in [6, 6.07) is 7.48. The molecule has 0 radical (unpaired) electrons. The van der Waals surface area contributed by atoms with E-state index in [4.69, 9.17) is 0 Å². The zero-order valence-electron chi connectivity index (χ0n) is 14.4. The van der Waals surface area contributed by atoms with Gasteiger partial charge in [-0.25, -0.2) is 4.98 Å². The molecule has 7 heteroatoms. The predicted octanol–water partition coefficient (Wildman–Crippen LogP) is 1.71. The van der Waals surface area contributed by atoms with Crippen molar-refractivity contribution >= 4 is 17.5 Å². The average molecular weight is 349 g/mol. The number of aromatic nitrogens is 2. The standard InChI is InChI=1S/C19H19N5O2/c1-11-9-21-15(10-20-11)18(26)24-12-6-7-16(24)19(8-12)22-14-5-3-2-4-13(14)17(25)23-19/h2-5,9-10,12,16,22H,6-8H2,1H3,(H,23,25)/t12-,16+,19-/m0/s1. The molecule has 3 aliphatic rings. The number of nitrogens with one attached hydrogen (secondary N) is 2. The van der Waals surface area contributed by atoms with E-state index >= 15 is 0 Å². The van der Waals surface area contributed by atoms with E-state index in [0.29, 0.717) is 17.7 Å². The number of benzene rings is 1. The summed E-state index contributed by atoms with van der Waals surface area (Å²) in [5, 5.41) is 6.66. The van der Waals surface area contributed by atoms with E-state index in [1.54, 1.807) is 6.20 Å². The molecule has 5 rings (SSSR count). The fourth-order valence-corrected chi connectivity index (χ4v) is 4.62. The number of rotatable bonds is 1. The minimum absolute atomic E-state index is 0.0885. The molecule has 2 saturated heterocycles. The van der Waals surface area contributed by atoms with Crippen molar-refractivity contribution in [1.82, 2.24) is 20.2 Å². The lowest BCUT2D eigenvalue weighted by molar-refractivity contribution is 0.0686. The SMILES string of the molecule is Cc1cnc(C(=O)N2[C@H]3CC[C@@H]2[C@]2(C3)NC(=O)c3ccccc3N2)cn1. The zero-order valence-corrected chi connectivity index (χ0v) is 14.4. The van der Waals surface area contributed by atoms with Crippen molar-refractivity contribution in [2.75, 3.05) is 5.32 Å². The summed E-state index contributed by atoms with van der Waals surface area (Å²) < 4.78 is 0. The molecule has 4 heterocycles. The second kappa shape index (κ2) is 5.27. The molecule has 3 aliphatic heterocycles. The van der Waals surface area contributed by atoms with Gasteiger partial charge in [0, 0.05) is 24.3 Å². The van der Waals surface area contributed by atoms with Crippen molar-refractivity contribution in [3.63, 3.8) is 0 Å². The van der Waals surface area contributed by atoms with Crippen LogP contribution in [0.25, 0.3) is 0 Å². The second-order valence-corrected chi connectivity index (χ2v) is 7.30. The Balaban J connectivity index is 1.49. The van der Waals surface area contributed by atoms with Crippen LogP contribution in [-0.4, -0.2) is 44.4 Å². The van der Waals surface area contributed by atoms with Crippen LogP contribution in [0.15, 0.2) is 36.7 Å². The van der Waals surface area contributed by atoms with Gasteiger partial charge in [0.15, 0.2) is 0 Å². The molecule has 1 spiro atoms. The summed E-state index contributed by atoms with van der Waals surface area (Å²) in [4.78, 5) is 36.0. The van der Waals surface area contributed by atoms with Crippen molar-refractivity contribution in [1.29, 1.82) is 0 Å². The number of para-hydroxylation sites is 1. The Morgan fingerprint density at radius 1 is 1.19 bits per heavy atom. The third-order valence-electron chi connectivity index (χ3n) is 5.73. The fourth-order valence-electron chi connectivity index (χ4n) is 4.62. The van der Waals surface area contributed by atoms with Crippen molar-refractivity contribution < 1.29 is 9.59 Å². The Labute approximate surface area is 150 Å². The van der Waals surface area contributed by atoms with Crippen molar-refractivity contribution in [2.24, 2.45) is 0 Å². The van der Waals surface area contributed by atoms with Gasteiger partial charge >= 0.3 is 0 Å². The van der Waals surface area contributed by atoms with E-state index < -0.39 is 5.66 Å². The Kier molecular flexibility index (Phi) is 3.10. The minimum Gasteiger partial charge on any atom is -0.360 e. The molecule has 1 aromatic carbocycles. The number of anilines is 1. The first-order valence-corrected chi connectivity index (χ1v) is 8.88. The van der Waals surface area contributed by atoms with Crippen LogP contribution in [0, 0.1) is 6.92 Å². The van der Waals surface area contributed by atoms with Gasteiger partial charge in [0.1, 0.15) is 11.4 Å². The summed E-state index contributed by atoms with van der Waals surface area (Å²) in [6.07, 6.45) is 5.63. The molecule has 0 aliphatic carbocycles. The molecule has 7 nitrogen and oxygen atoms in total. The number of carbonyl (C=O) groups excluding carboxylic acids is 2. The number of hydrogen-bond acceptors (Lipinski definition) is 5. The van der Waals surface area contributed by atoms with Crippen LogP contribution in [0.5, 0.6) is 0 Å². The molecule has 0 unspecified atom stereocenters. The minimum atomic E-state index is -0.609. The van der Waals surface area contributed by atoms with Crippen LogP contribution < -0.4 is 10.6 Å². The average Bonchev–Trinajstić information content (AvgIpc) is 3.17. The largest absolute Gasteiger partial charge is 0.360 e. The lowest BCUT2D eigenvalue weighted by atomic mass is 9.86. The van der Waals surface area contributed by atoms with Gasteiger partial charge in [-0.05, 0) is 31.9 Å². The monoisotopic (exact) mass is 349 g/mol. The number of aryl methyl sites for hydroxylation is 1. The van der Waals surface area contributed by atoms with Crippen LogP contribution in [0.2, 0.25) is 0 Å². The predicted molar refractivity (Wildman–Crippen MR) is 94.6 cm³/mol. The Morgan fingerprint density at radius 2 is 2.04 bits per heavy atom. The Bertz CT molecular complexity index is 912. The third kappa shape index (κ3) is 2.06. The molecule has 2 aromatic rings. The third-order valence-corrected chi connectivity index (χ3v) is 5.73. The van der Waals surface area contributed by atoms with Crippen LogP contribution in [0.4, 0.5) is 5.69 Å². The first kappa shape index (κ1) is 15.3. The number of amides is 2. The summed E-state index contributed by atoms with van der Waals surface area (Å²) >= 11 is 0. The highest BCUT2D eigenvalue weighted by Crippen LogP contribution is 2.46. The van der Waals surface area contributed by atoms with E-state index in [1.807, 2.05) is 36.1 Å². The van der Waals surface area contributed by atoms with E-state index in [9.17, 15) is 9.59 Å². The highest BCUT2D eigenvalue weighted by Gasteiger charge is 2.60. The van der Waals surface area contributed by atoms with E-state index in [0.717, 1.165) is 24.2 Å². The highest BCUT2D eigenvalue weighted by molar-refractivity contribution is 6.02. The van der Waals surface area contributed by atoms with Gasteiger partial charge in [-0.3, -0.25) is 14.6 Å². The van der Waals surface area contributed by atoms with Gasteiger partial charge < -0.3 is 15.5 Å². The lowest BCUT2D eigenvalue weighted by Crippen LogP contribution is -2.64. The zero-order chi connectivity index (χ0) is 17.9. The molecule has 2 N–H and O–H groups in total. The van der Waals surface area contributed by atoms with Crippen LogP contribution in [0.1, 0.15) is 45.8 Å². The lowest BCUT2D eigenvalue weighted by Gasteiger charge is -2.43. The van der Waals surface area contributed by atoms with Crippen LogP contribution >= 0.6 is 0 Å². The van der Waals surface area contributed by atoms with Gasteiger partial charge in [-0.2, -0.15) is 0 Å². The summed E-state index contributed by atoms with van der Waals surface area (Å²) in [5.74, 6) is -0.203. The molecular formula is C19H19N5O2. The number of hydrogen-bond donors (Lipinski definition) is 2. The molecule has 2 amide bonds. The molecule has 2 fully saturated rings. The van der Waals surface area contributed by atoms with E-state index in [2.05, 4.69) is 20.6 Å². The summed E-state index contributed by atoms with van der Waals surface area (Å²) in [7, 11) is 0. The summed E-state index contributed by atoms with van der Waals surface area (Å²) in [6.45, 7) is 1.84. The van der Waals surface area contributed by atoms with Crippen molar-refractivity contribution in [3.05, 3.63) is 53.6 Å². The molecule has 2 bridgehead atoms. The summed E-state index contributed by atoms with van der Waals surface area (Å²) in [5.41, 5.74) is 1.99. The van der Waals surface area contributed by atoms with Gasteiger partial charge in [0.2, 0.25) is 0 Å². The maximum absolute atomic E-state index is 13.1. The molecule has 1 aromatic heterocycles. The molecule has 26 heavy (non-hydrogen) atoms. The van der Waals surface area contributed by atoms with Crippen molar-refractivity contribution in [3.8, 4) is 0 Å². The van der Waals surface area contributed by atoms with Crippen LogP contribution in [0.3, 0.4) is 0 Å². The quantitative estimate of drug-likeness (QED) is 0.818. The smallest absolute Gasteiger partial charge is 0.274 e. The number of fused-ring (bicyclic) bond motifs is 4. The first-order valence-electron chi connectivity index (χ1n) is 8.88. The first-order chi connectivity index (χ1) is 12.6. The normalized spacial score (nSPS) is 28.7. The molecule has 0 saturated carbocycles. The van der Waals surface area contributed by atoms with Gasteiger partial charge in [-0.15, -0.1) is 0 Å².